The molecule has 4 fully saturated rings. The van der Waals surface area contributed by atoms with E-state index in [0.29, 0.717) is 6.42 Å². The molecule has 1 heterocycles. The van der Waals surface area contributed by atoms with Gasteiger partial charge in [-0.05, 0) is 80.8 Å². The number of furan rings is 1. The van der Waals surface area contributed by atoms with E-state index in [-0.39, 0.29) is 29.8 Å². The van der Waals surface area contributed by atoms with Crippen LogP contribution in [0, 0.1) is 23.2 Å². The van der Waals surface area contributed by atoms with Crippen molar-refractivity contribution in [1.29, 1.82) is 0 Å². The molecule has 4 aliphatic rings. The molecule has 0 aliphatic heterocycles. The summed E-state index contributed by atoms with van der Waals surface area (Å²) < 4.78 is 5.37. The third-order valence-corrected chi connectivity index (χ3v) is 7.07. The first-order valence-electron chi connectivity index (χ1n) is 10.00. The van der Waals surface area contributed by atoms with Crippen LogP contribution in [0.25, 0.3) is 0 Å². The topological polar surface area (TPSA) is 62.6 Å². The van der Waals surface area contributed by atoms with Crippen LogP contribution in [0.3, 0.4) is 0 Å². The van der Waals surface area contributed by atoms with E-state index in [1.165, 1.54) is 38.5 Å². The van der Waals surface area contributed by atoms with E-state index in [4.69, 9.17) is 4.42 Å². The molecule has 0 aromatic carbocycles. The molecule has 1 aromatic rings. The molecule has 4 aliphatic carbocycles. The van der Waals surface area contributed by atoms with Gasteiger partial charge >= 0.3 is 0 Å². The highest BCUT2D eigenvalue weighted by molar-refractivity contribution is 5.85. The van der Waals surface area contributed by atoms with Crippen LogP contribution >= 0.6 is 0 Å². The maximum Gasteiger partial charge on any atom is 0.242 e. The second kappa shape index (κ2) is 6.75. The van der Waals surface area contributed by atoms with Crippen LogP contribution in [0.2, 0.25) is 0 Å². The molecule has 0 radical (unpaired) electrons. The Labute approximate surface area is 155 Å². The molecule has 0 saturated heterocycles. The first-order chi connectivity index (χ1) is 12.4. The molecule has 2 amide bonds. The molecule has 1 N–H and O–H groups in total. The highest BCUT2D eigenvalue weighted by atomic mass is 16.3. The lowest BCUT2D eigenvalue weighted by Gasteiger charge is -2.56. The first-order valence-corrected chi connectivity index (χ1v) is 10.00. The number of nitrogens with one attached hydrogen (secondary N) is 1. The average molecular weight is 358 g/mol. The molecule has 1 unspecified atom stereocenters. The van der Waals surface area contributed by atoms with Crippen molar-refractivity contribution in [2.75, 3.05) is 13.6 Å². The lowest BCUT2D eigenvalue weighted by molar-refractivity contribution is -0.136. The van der Waals surface area contributed by atoms with Crippen molar-refractivity contribution >= 4 is 11.8 Å². The molecule has 5 heteroatoms. The van der Waals surface area contributed by atoms with Crippen molar-refractivity contribution in [2.45, 2.75) is 57.9 Å². The van der Waals surface area contributed by atoms with Crippen LogP contribution in [-0.4, -0.2) is 30.3 Å². The van der Waals surface area contributed by atoms with Gasteiger partial charge in [0.15, 0.2) is 0 Å². The number of amides is 2. The van der Waals surface area contributed by atoms with Crippen molar-refractivity contribution in [3.8, 4) is 0 Å². The van der Waals surface area contributed by atoms with Gasteiger partial charge in [-0.1, -0.05) is 0 Å². The zero-order valence-electron chi connectivity index (χ0n) is 15.9. The number of hydrogen-bond donors (Lipinski definition) is 1. The van der Waals surface area contributed by atoms with Crippen LogP contribution in [0.4, 0.5) is 0 Å². The van der Waals surface area contributed by atoms with Crippen molar-refractivity contribution in [3.05, 3.63) is 24.2 Å². The maximum atomic E-state index is 12.6. The van der Waals surface area contributed by atoms with Gasteiger partial charge in [-0.15, -0.1) is 0 Å². The maximum absolute atomic E-state index is 12.6. The van der Waals surface area contributed by atoms with E-state index in [9.17, 15) is 9.59 Å². The van der Waals surface area contributed by atoms with E-state index in [1.54, 1.807) is 18.2 Å². The van der Waals surface area contributed by atoms with Crippen LogP contribution in [0.1, 0.15) is 63.7 Å². The Bertz CT molecular complexity index is 632. The summed E-state index contributed by atoms with van der Waals surface area (Å²) >= 11 is 0. The van der Waals surface area contributed by atoms with Gasteiger partial charge < -0.3 is 14.6 Å². The minimum atomic E-state index is -0.141. The molecular weight excluding hydrogens is 328 g/mol. The number of nitrogens with zero attached hydrogens (tertiary/aromatic N) is 1. The zero-order chi connectivity index (χ0) is 18.3. The third kappa shape index (κ3) is 3.40. The third-order valence-electron chi connectivity index (χ3n) is 7.07. The Hall–Kier alpha value is -1.78. The molecule has 4 saturated carbocycles. The van der Waals surface area contributed by atoms with E-state index in [0.717, 1.165) is 23.5 Å². The van der Waals surface area contributed by atoms with Crippen molar-refractivity contribution in [1.82, 2.24) is 10.2 Å². The predicted molar refractivity (Wildman–Crippen MR) is 98.1 cm³/mol. The lowest BCUT2D eigenvalue weighted by Crippen LogP contribution is -2.48. The highest BCUT2D eigenvalue weighted by Gasteiger charge is 2.51. The summed E-state index contributed by atoms with van der Waals surface area (Å²) in [5, 5.41) is 2.88. The van der Waals surface area contributed by atoms with Gasteiger partial charge in [-0.2, -0.15) is 0 Å². The lowest BCUT2D eigenvalue weighted by atomic mass is 9.49. The molecule has 26 heavy (non-hydrogen) atoms. The minimum Gasteiger partial charge on any atom is -0.467 e. The van der Waals surface area contributed by atoms with E-state index < -0.39 is 0 Å². The van der Waals surface area contributed by atoms with Gasteiger partial charge in [0.05, 0.1) is 18.8 Å². The second-order valence-corrected chi connectivity index (χ2v) is 9.07. The molecule has 4 bridgehead atoms. The molecule has 5 rings (SSSR count). The smallest absolute Gasteiger partial charge is 0.242 e. The Morgan fingerprint density at radius 2 is 1.85 bits per heavy atom. The molecule has 5 nitrogen and oxygen atoms in total. The predicted octanol–water partition coefficient (Wildman–Crippen LogP) is 3.52. The van der Waals surface area contributed by atoms with Gasteiger partial charge in [0, 0.05) is 13.5 Å². The molecule has 1 atom stereocenters. The van der Waals surface area contributed by atoms with Gasteiger partial charge in [-0.3, -0.25) is 9.59 Å². The fraction of sp³-hybridized carbons (Fsp3) is 0.714. The number of carbonyl (C=O) groups excluding carboxylic acids is 2. The van der Waals surface area contributed by atoms with Gasteiger partial charge in [0.25, 0.3) is 0 Å². The van der Waals surface area contributed by atoms with Crippen molar-refractivity contribution < 1.29 is 14.0 Å². The average Bonchev–Trinajstić information content (AvgIpc) is 3.11. The Balaban J connectivity index is 1.28. The quantitative estimate of drug-likeness (QED) is 0.846. The van der Waals surface area contributed by atoms with Gasteiger partial charge in [0.2, 0.25) is 11.8 Å². The summed E-state index contributed by atoms with van der Waals surface area (Å²) in [4.78, 5) is 26.6. The van der Waals surface area contributed by atoms with Gasteiger partial charge in [0.1, 0.15) is 5.76 Å². The van der Waals surface area contributed by atoms with Crippen molar-refractivity contribution in [3.63, 3.8) is 0 Å². The summed E-state index contributed by atoms with van der Waals surface area (Å²) in [5.74, 6) is 3.23. The SMILES string of the molecule is CC(c1ccco1)N(C)C(=O)CNC(=O)CC12CC3CC(CC(C3)C1)C2. The zero-order valence-corrected chi connectivity index (χ0v) is 15.9. The molecule has 1 aromatic heterocycles. The van der Waals surface area contributed by atoms with Gasteiger partial charge in [-0.25, -0.2) is 0 Å². The number of carbonyl (C=O) groups is 2. The minimum absolute atomic E-state index is 0.0411. The number of rotatable bonds is 6. The van der Waals surface area contributed by atoms with Crippen LogP contribution in [-0.2, 0) is 9.59 Å². The fourth-order valence-electron chi connectivity index (χ4n) is 6.14. The van der Waals surface area contributed by atoms with E-state index in [1.807, 2.05) is 19.1 Å². The summed E-state index contributed by atoms with van der Waals surface area (Å²) in [6.45, 7) is 1.99. The Kier molecular flexibility index (Phi) is 4.57. The summed E-state index contributed by atoms with van der Waals surface area (Å²) in [5.41, 5.74) is 0.218. The first kappa shape index (κ1) is 17.6. The fourth-order valence-corrected chi connectivity index (χ4v) is 6.14. The highest BCUT2D eigenvalue weighted by Crippen LogP contribution is 2.61. The molecule has 0 spiro atoms. The Morgan fingerprint density at radius 1 is 1.23 bits per heavy atom. The van der Waals surface area contributed by atoms with E-state index >= 15 is 0 Å². The second-order valence-electron chi connectivity index (χ2n) is 9.07. The van der Waals surface area contributed by atoms with Crippen LogP contribution in [0.15, 0.2) is 22.8 Å². The molecular formula is C21H30N2O3. The normalized spacial score (nSPS) is 33.1. The monoisotopic (exact) mass is 358 g/mol. The van der Waals surface area contributed by atoms with Crippen LogP contribution < -0.4 is 5.32 Å². The number of likely N-dealkylation sites (N-methyl/N-ethyl adjacent to an activating group) is 1. The summed E-state index contributed by atoms with van der Waals surface area (Å²) in [6, 6.07) is 3.54. The summed E-state index contributed by atoms with van der Waals surface area (Å²) in [6.07, 6.45) is 10.0. The molecule has 142 valence electrons. The largest absolute Gasteiger partial charge is 0.467 e. The Morgan fingerprint density at radius 3 is 2.38 bits per heavy atom. The van der Waals surface area contributed by atoms with Crippen LogP contribution in [0.5, 0.6) is 0 Å². The van der Waals surface area contributed by atoms with Crippen molar-refractivity contribution in [2.24, 2.45) is 23.2 Å². The van der Waals surface area contributed by atoms with E-state index in [2.05, 4.69) is 5.32 Å². The number of hydrogen-bond acceptors (Lipinski definition) is 3. The standard InChI is InChI=1S/C21H30N2O3/c1-14(18-4-3-5-26-18)23(2)20(25)13-22-19(24)12-21-9-15-6-16(10-21)8-17(7-15)11-21/h3-5,14-17H,6-13H2,1-2H3,(H,22,24). The summed E-state index contributed by atoms with van der Waals surface area (Å²) in [7, 11) is 1.75.